The van der Waals surface area contributed by atoms with E-state index in [2.05, 4.69) is 0 Å². The Morgan fingerprint density at radius 3 is 2.76 bits per heavy atom. The number of hydrogen-bond acceptors (Lipinski definition) is 2. The van der Waals surface area contributed by atoms with Crippen LogP contribution in [0.15, 0.2) is 29.3 Å². The first-order valence-electron chi connectivity index (χ1n) is 4.97. The molecule has 17 heavy (non-hydrogen) atoms. The van der Waals surface area contributed by atoms with Gasteiger partial charge in [0.15, 0.2) is 0 Å². The van der Waals surface area contributed by atoms with E-state index in [1.54, 1.807) is 25.1 Å². The van der Waals surface area contributed by atoms with Crippen molar-refractivity contribution >= 4 is 40.6 Å². The summed E-state index contributed by atoms with van der Waals surface area (Å²) in [7, 11) is 0. The summed E-state index contributed by atoms with van der Waals surface area (Å²) in [5.41, 5.74) is 2.99. The molecule has 2 rings (SSSR count). The van der Waals surface area contributed by atoms with Crippen LogP contribution >= 0.6 is 23.2 Å². The van der Waals surface area contributed by atoms with Crippen LogP contribution in [0.1, 0.15) is 17.3 Å². The number of ketones is 1. The summed E-state index contributed by atoms with van der Waals surface area (Å²) < 4.78 is 0. The maximum atomic E-state index is 11.8. The predicted molar refractivity (Wildman–Crippen MR) is 67.7 cm³/mol. The molecule has 0 N–H and O–H groups in total. The molecule has 1 amide bonds. The molecule has 0 bridgehead atoms. The van der Waals surface area contributed by atoms with Gasteiger partial charge in [-0.2, -0.15) is 0 Å². The van der Waals surface area contributed by atoms with Crippen molar-refractivity contribution in [3.05, 3.63) is 39.9 Å². The summed E-state index contributed by atoms with van der Waals surface area (Å²) in [6, 6.07) is 4.90. The van der Waals surface area contributed by atoms with E-state index in [4.69, 9.17) is 23.2 Å². The van der Waals surface area contributed by atoms with E-state index < -0.39 is 11.7 Å². The minimum Gasteiger partial charge on any atom is -0.299 e. The molecule has 0 saturated carbocycles. The molecule has 1 aromatic rings. The van der Waals surface area contributed by atoms with Crippen LogP contribution in [0.2, 0.25) is 5.02 Å². The first kappa shape index (κ1) is 12.1. The van der Waals surface area contributed by atoms with Gasteiger partial charge in [0.2, 0.25) is 0 Å². The molecule has 1 aliphatic rings. The maximum Gasteiger partial charge on any atom is 0.299 e. The van der Waals surface area contributed by atoms with Gasteiger partial charge in [-0.25, -0.2) is 0 Å². The number of nitrogens with zero attached hydrogens (tertiary/aromatic N) is 1. The van der Waals surface area contributed by atoms with Crippen molar-refractivity contribution in [1.82, 2.24) is 0 Å². The average molecular weight is 270 g/mol. The number of hydrogen-bond donors (Lipinski definition) is 0. The Bertz CT molecular complexity index is 537. The number of anilines is 1. The molecule has 1 aromatic carbocycles. The van der Waals surface area contributed by atoms with E-state index in [0.29, 0.717) is 16.3 Å². The lowest BCUT2D eigenvalue weighted by Crippen LogP contribution is -2.31. The van der Waals surface area contributed by atoms with Gasteiger partial charge in [0, 0.05) is 12.1 Å². The van der Waals surface area contributed by atoms with Crippen LogP contribution in [-0.4, -0.2) is 18.2 Å². The molecular weight excluding hydrogens is 261 g/mol. The molecule has 88 valence electrons. The number of rotatable bonds is 2. The van der Waals surface area contributed by atoms with E-state index in [1.165, 1.54) is 10.4 Å². The second-order valence-corrected chi connectivity index (χ2v) is 4.44. The summed E-state index contributed by atoms with van der Waals surface area (Å²) >= 11 is 11.6. The van der Waals surface area contributed by atoms with Gasteiger partial charge < -0.3 is 0 Å². The number of carbonyl (C=O) groups excluding carboxylic acids is 2. The van der Waals surface area contributed by atoms with Crippen molar-refractivity contribution in [3.63, 3.8) is 0 Å². The molecule has 0 saturated heterocycles. The van der Waals surface area contributed by atoms with Crippen molar-refractivity contribution in [2.45, 2.75) is 6.92 Å². The second-order valence-electron chi connectivity index (χ2n) is 3.81. The third kappa shape index (κ3) is 1.96. The highest BCUT2D eigenvalue weighted by Gasteiger charge is 2.37. The van der Waals surface area contributed by atoms with Gasteiger partial charge in [0.05, 0.1) is 16.3 Å². The first-order chi connectivity index (χ1) is 8.06. The number of carbonyl (C=O) groups is 2. The number of benzene rings is 1. The van der Waals surface area contributed by atoms with Crippen molar-refractivity contribution in [3.8, 4) is 0 Å². The smallest absolute Gasteiger partial charge is 0.299 e. The van der Waals surface area contributed by atoms with Crippen LogP contribution in [0.5, 0.6) is 0 Å². The molecule has 1 aliphatic heterocycles. The highest BCUT2D eigenvalue weighted by Crippen LogP contribution is 2.35. The van der Waals surface area contributed by atoms with Crippen molar-refractivity contribution in [2.75, 3.05) is 11.4 Å². The third-order valence-corrected chi connectivity index (χ3v) is 3.21. The predicted octanol–water partition coefficient (Wildman–Crippen LogP) is 3.01. The van der Waals surface area contributed by atoms with Crippen LogP contribution in [0.4, 0.5) is 5.69 Å². The largest absolute Gasteiger partial charge is 0.299 e. The molecule has 0 atom stereocenters. The topological polar surface area (TPSA) is 37.4 Å². The third-order valence-electron chi connectivity index (χ3n) is 2.53. The quantitative estimate of drug-likeness (QED) is 0.774. The zero-order valence-corrected chi connectivity index (χ0v) is 10.5. The van der Waals surface area contributed by atoms with Crippen LogP contribution in [0.3, 0.4) is 0 Å². The first-order valence-corrected chi connectivity index (χ1v) is 5.78. The molecule has 0 aromatic heterocycles. The lowest BCUT2D eigenvalue weighted by molar-refractivity contribution is -0.114. The lowest BCUT2D eigenvalue weighted by atomic mass is 10.1. The molecule has 0 unspecified atom stereocenters. The van der Waals surface area contributed by atoms with Gasteiger partial charge in [-0.05, 0) is 24.6 Å². The summed E-state index contributed by atoms with van der Waals surface area (Å²) in [4.78, 5) is 24.9. The van der Waals surface area contributed by atoms with Gasteiger partial charge in [-0.15, -0.1) is 0 Å². The molecule has 0 spiro atoms. The Hall–Kier alpha value is -1.32. The van der Waals surface area contributed by atoms with Crippen LogP contribution in [-0.2, 0) is 4.79 Å². The highest BCUT2D eigenvalue weighted by atomic mass is 35.5. The fraction of sp³-hybridized carbons (Fsp3) is 0.167. The average Bonchev–Trinajstić information content (AvgIpc) is 2.56. The Morgan fingerprint density at radius 2 is 2.12 bits per heavy atom. The monoisotopic (exact) mass is 269 g/mol. The van der Waals surface area contributed by atoms with E-state index >= 15 is 0 Å². The van der Waals surface area contributed by atoms with Crippen molar-refractivity contribution in [2.24, 2.45) is 0 Å². The second kappa shape index (κ2) is 4.51. The SMILES string of the molecule is C/C(=C/Cl)CN1C(=O)C(=O)c2cccc(Cl)c21. The number of fused-ring (bicyclic) bond motifs is 1. The van der Waals surface area contributed by atoms with Crippen LogP contribution in [0, 0.1) is 0 Å². The lowest BCUT2D eigenvalue weighted by Gasteiger charge is -2.17. The van der Waals surface area contributed by atoms with Gasteiger partial charge in [-0.3, -0.25) is 14.5 Å². The minimum absolute atomic E-state index is 0.269. The fourth-order valence-electron chi connectivity index (χ4n) is 1.75. The number of amides is 1. The Labute approximate surface area is 109 Å². The number of Topliss-reactive ketones (excluding diaryl/α,β-unsaturated/α-hetero) is 1. The van der Waals surface area contributed by atoms with E-state index in [9.17, 15) is 9.59 Å². The van der Waals surface area contributed by atoms with Crippen molar-refractivity contribution < 1.29 is 9.59 Å². The summed E-state index contributed by atoms with van der Waals surface area (Å²) in [5, 5.41) is 0.393. The maximum absolute atomic E-state index is 11.8. The van der Waals surface area contributed by atoms with Crippen LogP contribution < -0.4 is 4.90 Å². The zero-order chi connectivity index (χ0) is 12.6. The summed E-state index contributed by atoms with van der Waals surface area (Å²) in [5.74, 6) is -1.09. The summed E-state index contributed by atoms with van der Waals surface area (Å²) in [6.45, 7) is 2.05. The Kier molecular flexibility index (Phi) is 3.22. The number of halogens is 2. The van der Waals surface area contributed by atoms with E-state index in [0.717, 1.165) is 5.57 Å². The zero-order valence-electron chi connectivity index (χ0n) is 9.04. The Morgan fingerprint density at radius 1 is 1.41 bits per heavy atom. The van der Waals surface area contributed by atoms with Crippen molar-refractivity contribution in [1.29, 1.82) is 0 Å². The fourth-order valence-corrected chi connectivity index (χ4v) is 2.09. The van der Waals surface area contributed by atoms with Gasteiger partial charge in [0.25, 0.3) is 11.7 Å². The molecule has 0 fully saturated rings. The standard InChI is InChI=1S/C12H9Cl2NO2/c1-7(5-13)6-15-10-8(11(16)12(15)17)3-2-4-9(10)14/h2-5H,6H2,1H3/b7-5-. The van der Waals surface area contributed by atoms with Gasteiger partial charge in [-0.1, -0.05) is 29.3 Å². The van der Waals surface area contributed by atoms with Gasteiger partial charge in [0.1, 0.15) is 0 Å². The summed E-state index contributed by atoms with van der Waals surface area (Å²) in [6.07, 6.45) is 0. The van der Waals surface area contributed by atoms with E-state index in [1.807, 2.05) is 0 Å². The van der Waals surface area contributed by atoms with Gasteiger partial charge >= 0.3 is 0 Å². The minimum atomic E-state index is -0.564. The van der Waals surface area contributed by atoms with E-state index in [-0.39, 0.29) is 6.54 Å². The van der Waals surface area contributed by atoms with Crippen LogP contribution in [0.25, 0.3) is 0 Å². The normalized spacial score (nSPS) is 15.5. The molecule has 0 aliphatic carbocycles. The molecule has 0 radical (unpaired) electrons. The molecular formula is C12H9Cl2NO2. The molecule has 3 nitrogen and oxygen atoms in total. The highest BCUT2D eigenvalue weighted by molar-refractivity contribution is 6.54. The molecule has 1 heterocycles. The number of para-hydroxylation sites is 1. The molecule has 5 heteroatoms. The Balaban J connectivity index is 2.50.